The molecule has 0 heterocycles. The molecule has 0 saturated carbocycles. The highest BCUT2D eigenvalue weighted by Gasteiger charge is 2.41. The summed E-state index contributed by atoms with van der Waals surface area (Å²) in [6, 6.07) is 7.36. The first-order valence-corrected chi connectivity index (χ1v) is 16.3. The standard InChI is InChI=1S/C29H37Cl2F3NO7P/c1-3-5-9-35(10-6-4-2)15-24(28(26(37)16-36)42-43(39,40)41)27(38)23-14-22-21(12-18(30)13-25(22)31)20-11-17(29(32,33)34)7-8-19(20)23/h7-8,11-14,24,26-28,36-38H,3-6,9-10,15-16H2,1-2H3,(H2,39,40,41). The van der Waals surface area contributed by atoms with Crippen molar-refractivity contribution in [3.8, 4) is 0 Å². The van der Waals surface area contributed by atoms with Crippen LogP contribution in [-0.2, 0) is 15.3 Å². The van der Waals surface area contributed by atoms with Gasteiger partial charge >= 0.3 is 14.0 Å². The van der Waals surface area contributed by atoms with Crippen LogP contribution in [0.2, 0.25) is 10.0 Å². The van der Waals surface area contributed by atoms with Gasteiger partial charge in [-0.05, 0) is 78.0 Å². The summed E-state index contributed by atoms with van der Waals surface area (Å²) >= 11 is 12.7. The molecule has 0 aliphatic carbocycles. The number of phosphoric ester groups is 1. The molecule has 0 fully saturated rings. The molecule has 5 N–H and O–H groups in total. The largest absolute Gasteiger partial charge is 0.469 e. The van der Waals surface area contributed by atoms with Crippen molar-refractivity contribution in [2.45, 2.75) is 64.0 Å². The minimum Gasteiger partial charge on any atom is -0.394 e. The average Bonchev–Trinajstić information content (AvgIpc) is 2.93. The Kier molecular flexibility index (Phi) is 12.7. The van der Waals surface area contributed by atoms with Gasteiger partial charge in [0, 0.05) is 27.9 Å². The molecule has 0 saturated heterocycles. The van der Waals surface area contributed by atoms with Gasteiger partial charge in [0.05, 0.1) is 18.3 Å². The van der Waals surface area contributed by atoms with Crippen LogP contribution in [0.25, 0.3) is 21.5 Å². The van der Waals surface area contributed by atoms with Gasteiger partial charge in [-0.15, -0.1) is 0 Å². The molecule has 14 heteroatoms. The molecule has 4 unspecified atom stereocenters. The summed E-state index contributed by atoms with van der Waals surface area (Å²) < 4.78 is 58.2. The van der Waals surface area contributed by atoms with Gasteiger partial charge in [-0.3, -0.25) is 4.52 Å². The number of halogens is 5. The molecule has 0 radical (unpaired) electrons. The number of fused-ring (bicyclic) bond motifs is 3. The van der Waals surface area contributed by atoms with Gasteiger partial charge in [0.2, 0.25) is 0 Å². The Hall–Kier alpha value is -1.50. The highest BCUT2D eigenvalue weighted by atomic mass is 35.5. The topological polar surface area (TPSA) is 131 Å². The molecule has 0 aliphatic rings. The maximum absolute atomic E-state index is 13.8. The molecule has 0 amide bonds. The van der Waals surface area contributed by atoms with Crippen molar-refractivity contribution in [2.75, 3.05) is 26.2 Å². The zero-order chi connectivity index (χ0) is 32.1. The van der Waals surface area contributed by atoms with E-state index in [0.717, 1.165) is 37.8 Å². The summed E-state index contributed by atoms with van der Waals surface area (Å²) in [6.45, 7) is 4.16. The summed E-state index contributed by atoms with van der Waals surface area (Å²) in [5, 5.41) is 33.6. The number of aliphatic hydroxyl groups excluding tert-OH is 3. The maximum Gasteiger partial charge on any atom is 0.469 e. The minimum absolute atomic E-state index is 0.0165. The van der Waals surface area contributed by atoms with Crippen LogP contribution in [0, 0.1) is 5.92 Å². The van der Waals surface area contributed by atoms with Crippen LogP contribution >= 0.6 is 31.0 Å². The first-order chi connectivity index (χ1) is 20.1. The molecule has 0 bridgehead atoms. The van der Waals surface area contributed by atoms with Crippen LogP contribution in [0.4, 0.5) is 13.2 Å². The highest BCUT2D eigenvalue weighted by Crippen LogP contribution is 2.45. The van der Waals surface area contributed by atoms with Crippen molar-refractivity contribution in [2.24, 2.45) is 5.92 Å². The molecule has 3 aromatic carbocycles. The molecule has 43 heavy (non-hydrogen) atoms. The van der Waals surface area contributed by atoms with E-state index in [2.05, 4.69) is 0 Å². The van der Waals surface area contributed by atoms with Crippen LogP contribution < -0.4 is 0 Å². The zero-order valence-corrected chi connectivity index (χ0v) is 26.2. The number of nitrogens with zero attached hydrogens (tertiary/aromatic N) is 1. The first kappa shape index (κ1) is 36.0. The van der Waals surface area contributed by atoms with Crippen molar-refractivity contribution in [1.29, 1.82) is 0 Å². The predicted molar refractivity (Wildman–Crippen MR) is 161 cm³/mol. The summed E-state index contributed by atoms with van der Waals surface area (Å²) in [6.07, 6.45) is -6.65. The third kappa shape index (κ3) is 9.26. The fourth-order valence-electron chi connectivity index (χ4n) is 5.29. The van der Waals surface area contributed by atoms with E-state index in [0.29, 0.717) is 18.5 Å². The van der Waals surface area contributed by atoms with Crippen molar-refractivity contribution in [3.63, 3.8) is 0 Å². The monoisotopic (exact) mass is 669 g/mol. The SMILES string of the molecule is CCCCN(CCCC)CC(C(O)c1cc2c(Cl)cc(Cl)cc2c2cc(C(F)(F)F)ccc12)C(OP(=O)(O)O)C(O)CO. The van der Waals surface area contributed by atoms with E-state index in [1.54, 1.807) is 0 Å². The van der Waals surface area contributed by atoms with Crippen LogP contribution in [0.1, 0.15) is 56.8 Å². The van der Waals surface area contributed by atoms with Crippen molar-refractivity contribution in [3.05, 3.63) is 57.6 Å². The van der Waals surface area contributed by atoms with Crippen molar-refractivity contribution < 1.29 is 47.4 Å². The Morgan fingerprint density at radius 1 is 0.930 bits per heavy atom. The predicted octanol–water partition coefficient (Wildman–Crippen LogP) is 6.70. The number of phosphoric acid groups is 1. The Bertz CT molecular complexity index is 1430. The lowest BCUT2D eigenvalue weighted by molar-refractivity contribution is -0.137. The molecule has 8 nitrogen and oxygen atoms in total. The first-order valence-electron chi connectivity index (χ1n) is 14.0. The number of rotatable bonds is 15. The second-order valence-electron chi connectivity index (χ2n) is 10.6. The van der Waals surface area contributed by atoms with E-state index >= 15 is 0 Å². The van der Waals surface area contributed by atoms with Gasteiger partial charge in [-0.1, -0.05) is 56.0 Å². The Labute approximate surface area is 258 Å². The summed E-state index contributed by atoms with van der Waals surface area (Å²) in [5.74, 6) is -1.25. The fourth-order valence-corrected chi connectivity index (χ4v) is 6.46. The normalized spacial score (nSPS) is 15.7. The van der Waals surface area contributed by atoms with Crippen molar-refractivity contribution >= 4 is 52.6 Å². The highest BCUT2D eigenvalue weighted by molar-refractivity contribution is 7.46. The second-order valence-corrected chi connectivity index (χ2v) is 12.7. The van der Waals surface area contributed by atoms with Gasteiger partial charge < -0.3 is 30.0 Å². The Morgan fingerprint density at radius 3 is 2.07 bits per heavy atom. The lowest BCUT2D eigenvalue weighted by Crippen LogP contribution is -2.46. The van der Waals surface area contributed by atoms with Gasteiger partial charge in [-0.25, -0.2) is 4.57 Å². The number of unbranched alkanes of at least 4 members (excludes halogenated alkanes) is 2. The fraction of sp³-hybridized carbons (Fsp3) is 0.517. The summed E-state index contributed by atoms with van der Waals surface area (Å²) in [4.78, 5) is 21.4. The van der Waals surface area contributed by atoms with E-state index in [1.807, 2.05) is 18.7 Å². The van der Waals surface area contributed by atoms with Gasteiger partial charge in [0.15, 0.2) is 0 Å². The quantitative estimate of drug-likeness (QED) is 0.0893. The Balaban J connectivity index is 2.31. The third-order valence-corrected chi connectivity index (χ3v) is 8.49. The number of benzene rings is 3. The third-order valence-electron chi connectivity index (χ3n) is 7.44. The Morgan fingerprint density at radius 2 is 1.53 bits per heavy atom. The summed E-state index contributed by atoms with van der Waals surface area (Å²) in [5.41, 5.74) is -0.842. The number of hydrogen-bond donors (Lipinski definition) is 5. The van der Waals surface area contributed by atoms with Gasteiger partial charge in [0.1, 0.15) is 12.2 Å². The second kappa shape index (κ2) is 15.2. The van der Waals surface area contributed by atoms with Crippen LogP contribution in [0.3, 0.4) is 0 Å². The van der Waals surface area contributed by atoms with Crippen LogP contribution in [0.15, 0.2) is 36.4 Å². The molecule has 3 aromatic rings. The van der Waals surface area contributed by atoms with E-state index in [-0.39, 0.29) is 38.3 Å². The van der Waals surface area contributed by atoms with Gasteiger partial charge in [-0.2, -0.15) is 13.2 Å². The maximum atomic E-state index is 13.8. The van der Waals surface area contributed by atoms with Crippen molar-refractivity contribution in [1.82, 2.24) is 4.90 Å². The molecule has 240 valence electrons. The molecular formula is C29H37Cl2F3NO7P. The average molecular weight is 670 g/mol. The van der Waals surface area contributed by atoms with Crippen LogP contribution in [-0.4, -0.2) is 68.5 Å². The molecule has 3 rings (SSSR count). The van der Waals surface area contributed by atoms with Crippen LogP contribution in [0.5, 0.6) is 0 Å². The minimum atomic E-state index is -5.25. The van der Waals surface area contributed by atoms with E-state index in [4.69, 9.17) is 27.7 Å². The number of alkyl halides is 3. The van der Waals surface area contributed by atoms with E-state index in [9.17, 15) is 42.8 Å². The molecule has 0 aliphatic heterocycles. The smallest absolute Gasteiger partial charge is 0.394 e. The van der Waals surface area contributed by atoms with Gasteiger partial charge in [0.25, 0.3) is 0 Å². The lowest BCUT2D eigenvalue weighted by atomic mass is 9.84. The number of hydrogen-bond acceptors (Lipinski definition) is 6. The summed E-state index contributed by atoms with van der Waals surface area (Å²) in [7, 11) is -5.25. The lowest BCUT2D eigenvalue weighted by Gasteiger charge is -2.37. The van der Waals surface area contributed by atoms with E-state index in [1.165, 1.54) is 24.3 Å². The van der Waals surface area contributed by atoms with E-state index < -0.39 is 50.4 Å². The zero-order valence-electron chi connectivity index (χ0n) is 23.8. The molecule has 4 atom stereocenters. The molecular weight excluding hydrogens is 633 g/mol. The molecule has 0 aromatic heterocycles. The number of aliphatic hydroxyl groups is 3. The molecule has 0 spiro atoms.